The molecule has 0 bridgehead atoms. The van der Waals surface area contributed by atoms with E-state index in [-0.39, 0.29) is 17.9 Å². The third kappa shape index (κ3) is 4.27. The third-order valence-electron chi connectivity index (χ3n) is 5.31. The highest BCUT2D eigenvalue weighted by Crippen LogP contribution is 2.31. The van der Waals surface area contributed by atoms with Crippen LogP contribution in [-0.2, 0) is 11.3 Å². The van der Waals surface area contributed by atoms with Gasteiger partial charge in [0.05, 0.1) is 12.6 Å². The topological polar surface area (TPSA) is 80.0 Å². The van der Waals surface area contributed by atoms with Gasteiger partial charge in [0.15, 0.2) is 5.96 Å². The highest BCUT2D eigenvalue weighted by Gasteiger charge is 2.29. The number of nitrogens with one attached hydrogen (secondary N) is 1. The van der Waals surface area contributed by atoms with Gasteiger partial charge in [-0.1, -0.05) is 48.5 Å². The maximum absolute atomic E-state index is 12.3. The van der Waals surface area contributed by atoms with E-state index in [1.54, 1.807) is 0 Å². The monoisotopic (exact) mass is 378 g/mol. The minimum Gasteiger partial charge on any atom is -0.493 e. The first kappa shape index (κ1) is 18.3. The summed E-state index contributed by atoms with van der Waals surface area (Å²) in [6, 6.07) is 18.2. The lowest BCUT2D eigenvalue weighted by molar-refractivity contribution is -0.128. The van der Waals surface area contributed by atoms with Crippen LogP contribution >= 0.6 is 0 Å². The van der Waals surface area contributed by atoms with Gasteiger partial charge in [-0.15, -0.1) is 0 Å². The van der Waals surface area contributed by atoms with Crippen molar-refractivity contribution in [3.63, 3.8) is 0 Å². The molecule has 146 valence electrons. The van der Waals surface area contributed by atoms with E-state index >= 15 is 0 Å². The average molecular weight is 378 g/mol. The van der Waals surface area contributed by atoms with Gasteiger partial charge in [0, 0.05) is 44.0 Å². The van der Waals surface area contributed by atoms with Crippen molar-refractivity contribution >= 4 is 11.9 Å². The number of hydrogen-bond acceptors (Lipinski definition) is 3. The van der Waals surface area contributed by atoms with E-state index in [1.807, 2.05) is 53.4 Å². The number of aliphatic imine (C=N–C) groups is 1. The van der Waals surface area contributed by atoms with E-state index in [0.29, 0.717) is 32.1 Å². The van der Waals surface area contributed by atoms with Gasteiger partial charge in [0.2, 0.25) is 5.91 Å². The molecule has 0 spiro atoms. The fraction of sp³-hybridized carbons (Fsp3) is 0.364. The number of nitrogens with zero attached hydrogens (tertiary/aromatic N) is 2. The molecule has 2 aromatic carbocycles. The van der Waals surface area contributed by atoms with Gasteiger partial charge in [-0.25, -0.2) is 0 Å². The summed E-state index contributed by atoms with van der Waals surface area (Å²) < 4.78 is 5.69. The van der Waals surface area contributed by atoms with Gasteiger partial charge in [0.1, 0.15) is 5.75 Å². The Morgan fingerprint density at radius 3 is 2.82 bits per heavy atom. The molecule has 2 unspecified atom stereocenters. The summed E-state index contributed by atoms with van der Waals surface area (Å²) in [6.07, 6.45) is 1.38. The van der Waals surface area contributed by atoms with Gasteiger partial charge < -0.3 is 20.7 Å². The molecule has 1 amide bonds. The van der Waals surface area contributed by atoms with Crippen LogP contribution in [0.25, 0.3) is 0 Å². The SMILES string of the molecule is NC(=NCC1CC(=O)N(Cc2ccccc2)C1)NC1CCOc2ccccc21. The molecule has 6 nitrogen and oxygen atoms in total. The minimum absolute atomic E-state index is 0.105. The van der Waals surface area contributed by atoms with Crippen molar-refractivity contribution in [2.45, 2.75) is 25.4 Å². The number of carbonyl (C=O) groups is 1. The molecule has 2 aromatic rings. The Hall–Kier alpha value is -3.02. The molecule has 28 heavy (non-hydrogen) atoms. The van der Waals surface area contributed by atoms with E-state index in [9.17, 15) is 4.79 Å². The molecular weight excluding hydrogens is 352 g/mol. The average Bonchev–Trinajstić information content (AvgIpc) is 3.07. The molecular formula is C22H26N4O2. The predicted molar refractivity (Wildman–Crippen MR) is 109 cm³/mol. The van der Waals surface area contributed by atoms with Gasteiger partial charge in [-0.05, 0) is 11.6 Å². The summed E-state index contributed by atoms with van der Waals surface area (Å²) >= 11 is 0. The smallest absolute Gasteiger partial charge is 0.223 e. The second-order valence-corrected chi connectivity index (χ2v) is 7.43. The molecule has 3 N–H and O–H groups in total. The molecule has 0 radical (unpaired) electrons. The summed E-state index contributed by atoms with van der Waals surface area (Å²) in [6.45, 7) is 2.60. The van der Waals surface area contributed by atoms with Crippen LogP contribution in [-0.4, -0.2) is 36.5 Å². The predicted octanol–water partition coefficient (Wildman–Crippen LogP) is 2.46. The van der Waals surface area contributed by atoms with Gasteiger partial charge >= 0.3 is 0 Å². The van der Waals surface area contributed by atoms with E-state index in [1.165, 1.54) is 0 Å². The fourth-order valence-corrected chi connectivity index (χ4v) is 3.88. The van der Waals surface area contributed by atoms with Crippen LogP contribution in [0.15, 0.2) is 59.6 Å². The van der Waals surface area contributed by atoms with E-state index in [2.05, 4.69) is 16.4 Å². The van der Waals surface area contributed by atoms with Crippen LogP contribution < -0.4 is 15.8 Å². The van der Waals surface area contributed by atoms with Crippen LogP contribution in [0.5, 0.6) is 5.75 Å². The fourth-order valence-electron chi connectivity index (χ4n) is 3.88. The lowest BCUT2D eigenvalue weighted by Gasteiger charge is -2.27. The quantitative estimate of drug-likeness (QED) is 0.619. The normalized spacial score (nSPS) is 21.9. The lowest BCUT2D eigenvalue weighted by Crippen LogP contribution is -2.37. The standard InChI is InChI=1S/C22H26N4O2/c23-22(25-19-10-11-28-20-9-5-4-8-18(19)20)24-13-17-12-21(27)26(15-17)14-16-6-2-1-3-7-16/h1-9,17,19H,10-15H2,(H3,23,24,25). The maximum atomic E-state index is 12.3. The van der Waals surface area contributed by atoms with Crippen LogP contribution in [0.1, 0.15) is 30.0 Å². The first-order chi connectivity index (χ1) is 13.7. The maximum Gasteiger partial charge on any atom is 0.223 e. The molecule has 4 rings (SSSR count). The van der Waals surface area contributed by atoms with Crippen molar-refractivity contribution in [2.75, 3.05) is 19.7 Å². The lowest BCUT2D eigenvalue weighted by atomic mass is 10.0. The Balaban J connectivity index is 1.32. The number of fused-ring (bicyclic) bond motifs is 1. The molecule has 0 saturated carbocycles. The molecule has 1 fully saturated rings. The Labute approximate surface area is 165 Å². The number of amides is 1. The van der Waals surface area contributed by atoms with Gasteiger partial charge in [0.25, 0.3) is 0 Å². The molecule has 0 aromatic heterocycles. The summed E-state index contributed by atoms with van der Waals surface area (Å²) in [5, 5.41) is 3.31. The number of likely N-dealkylation sites (tertiary alicyclic amines) is 1. The number of rotatable bonds is 5. The van der Waals surface area contributed by atoms with Gasteiger partial charge in [-0.3, -0.25) is 9.79 Å². The molecule has 6 heteroatoms. The minimum atomic E-state index is 0.105. The number of hydrogen-bond donors (Lipinski definition) is 2. The first-order valence-corrected chi connectivity index (χ1v) is 9.79. The Morgan fingerprint density at radius 1 is 1.18 bits per heavy atom. The van der Waals surface area contributed by atoms with E-state index < -0.39 is 0 Å². The van der Waals surface area contributed by atoms with E-state index in [0.717, 1.165) is 29.8 Å². The van der Waals surface area contributed by atoms with Crippen molar-refractivity contribution in [1.82, 2.24) is 10.2 Å². The number of nitrogens with two attached hydrogens (primary N) is 1. The van der Waals surface area contributed by atoms with E-state index in [4.69, 9.17) is 10.5 Å². The summed E-state index contributed by atoms with van der Waals surface area (Å²) in [4.78, 5) is 18.7. The second kappa shape index (κ2) is 8.33. The number of benzene rings is 2. The Morgan fingerprint density at radius 2 is 1.96 bits per heavy atom. The van der Waals surface area contributed by atoms with Crippen molar-refractivity contribution < 1.29 is 9.53 Å². The molecule has 2 atom stereocenters. The summed E-state index contributed by atoms with van der Waals surface area (Å²) in [7, 11) is 0. The molecule has 2 aliphatic heterocycles. The van der Waals surface area contributed by atoms with Crippen LogP contribution in [0.4, 0.5) is 0 Å². The number of para-hydroxylation sites is 1. The summed E-state index contributed by atoms with van der Waals surface area (Å²) in [5.41, 5.74) is 8.39. The largest absolute Gasteiger partial charge is 0.493 e. The van der Waals surface area contributed by atoms with Crippen LogP contribution in [0.2, 0.25) is 0 Å². The first-order valence-electron chi connectivity index (χ1n) is 9.79. The molecule has 0 aliphatic carbocycles. The van der Waals surface area contributed by atoms with Crippen molar-refractivity contribution in [2.24, 2.45) is 16.6 Å². The molecule has 2 heterocycles. The van der Waals surface area contributed by atoms with Crippen molar-refractivity contribution in [1.29, 1.82) is 0 Å². The second-order valence-electron chi connectivity index (χ2n) is 7.43. The number of guanidine groups is 1. The van der Waals surface area contributed by atoms with Crippen molar-refractivity contribution in [3.8, 4) is 5.75 Å². The Bertz CT molecular complexity index is 853. The number of carbonyl (C=O) groups excluding carboxylic acids is 1. The highest BCUT2D eigenvalue weighted by atomic mass is 16.5. The summed E-state index contributed by atoms with van der Waals surface area (Å²) in [5.74, 6) is 1.72. The Kier molecular flexibility index (Phi) is 5.46. The molecule has 2 aliphatic rings. The number of ether oxygens (including phenoxy) is 1. The zero-order valence-corrected chi connectivity index (χ0v) is 15.9. The molecule has 1 saturated heterocycles. The van der Waals surface area contributed by atoms with Crippen molar-refractivity contribution in [3.05, 3.63) is 65.7 Å². The third-order valence-corrected chi connectivity index (χ3v) is 5.31. The zero-order valence-electron chi connectivity index (χ0n) is 15.9. The van der Waals surface area contributed by atoms with Crippen LogP contribution in [0, 0.1) is 5.92 Å². The van der Waals surface area contributed by atoms with Crippen LogP contribution in [0.3, 0.4) is 0 Å². The van der Waals surface area contributed by atoms with Gasteiger partial charge in [-0.2, -0.15) is 0 Å². The highest BCUT2D eigenvalue weighted by molar-refractivity contribution is 5.80. The zero-order chi connectivity index (χ0) is 19.3.